The van der Waals surface area contributed by atoms with E-state index in [0.29, 0.717) is 15.7 Å². The second kappa shape index (κ2) is 8.19. The molecule has 0 radical (unpaired) electrons. The van der Waals surface area contributed by atoms with Crippen LogP contribution in [0.4, 0.5) is 9.18 Å². The lowest BCUT2D eigenvalue weighted by atomic mass is 10.0. The Morgan fingerprint density at radius 1 is 1.11 bits per heavy atom. The summed E-state index contributed by atoms with van der Waals surface area (Å²) in [6, 6.07) is 12.8. The first-order valence-corrected chi connectivity index (χ1v) is 12.8. The van der Waals surface area contributed by atoms with Crippen LogP contribution in [0.15, 0.2) is 59.6 Å². The lowest BCUT2D eigenvalue weighted by Gasteiger charge is -2.31. The Hall–Kier alpha value is -3.20. The molecule has 0 spiro atoms. The zero-order chi connectivity index (χ0) is 25.9. The van der Waals surface area contributed by atoms with Crippen LogP contribution < -0.4 is 0 Å². The summed E-state index contributed by atoms with van der Waals surface area (Å²) in [4.78, 5) is 16.4. The molecule has 1 heterocycles. The van der Waals surface area contributed by atoms with Crippen LogP contribution in [-0.2, 0) is 17.1 Å². The molecular formula is C26H30FN3O4S. The topological polar surface area (TPSA) is 92.5 Å². The molecule has 7 nitrogen and oxygen atoms in total. The van der Waals surface area contributed by atoms with Crippen LogP contribution in [-0.4, -0.2) is 39.0 Å². The second-order valence-corrected chi connectivity index (χ2v) is 12.5. The number of nitrogens with zero attached hydrogens (tertiary/aromatic N) is 3. The van der Waals surface area contributed by atoms with Crippen molar-refractivity contribution in [3.05, 3.63) is 71.8 Å². The molecule has 2 aromatic carbocycles. The van der Waals surface area contributed by atoms with Crippen molar-refractivity contribution in [2.24, 2.45) is 12.5 Å². The minimum atomic E-state index is -4.22. The molecule has 35 heavy (non-hydrogen) atoms. The fraction of sp³-hybridized carbons (Fsp3) is 0.385. The van der Waals surface area contributed by atoms with Crippen molar-refractivity contribution in [3.8, 4) is 11.4 Å². The van der Waals surface area contributed by atoms with Gasteiger partial charge >= 0.3 is 6.09 Å². The average molecular weight is 500 g/mol. The molecule has 186 valence electrons. The van der Waals surface area contributed by atoms with Gasteiger partial charge in [0.2, 0.25) is 0 Å². The van der Waals surface area contributed by atoms with Gasteiger partial charge in [0.05, 0.1) is 16.1 Å². The highest BCUT2D eigenvalue weighted by Gasteiger charge is 2.60. The van der Waals surface area contributed by atoms with E-state index in [2.05, 4.69) is 13.8 Å². The lowest BCUT2D eigenvalue weighted by Crippen LogP contribution is -2.48. The number of imidazole rings is 1. The highest BCUT2D eigenvalue weighted by Crippen LogP contribution is 2.69. The summed E-state index contributed by atoms with van der Waals surface area (Å²) in [5.74, 6) is 0.564. The van der Waals surface area contributed by atoms with Gasteiger partial charge < -0.3 is 9.67 Å². The molecule has 0 aliphatic heterocycles. The average Bonchev–Trinajstić information content (AvgIpc) is 3.10. The van der Waals surface area contributed by atoms with Gasteiger partial charge in [-0.15, -0.1) is 0 Å². The number of carboxylic acid groups (broad SMARTS) is 1. The first kappa shape index (κ1) is 24.9. The molecular weight excluding hydrogens is 469 g/mol. The normalized spacial score (nSPS) is 19.4. The molecule has 1 aromatic heterocycles. The summed E-state index contributed by atoms with van der Waals surface area (Å²) in [6.07, 6.45) is 0.439. The highest BCUT2D eigenvalue weighted by atomic mass is 32.2. The molecule has 1 aliphatic rings. The van der Waals surface area contributed by atoms with Gasteiger partial charge in [-0.2, -0.15) is 4.31 Å². The van der Waals surface area contributed by atoms with Gasteiger partial charge in [-0.25, -0.2) is 22.6 Å². The number of hydrogen-bond acceptors (Lipinski definition) is 4. The standard InChI is InChI=1S/C26H30FN3O4S/c1-25(2,3)30(24(31)32)35(33,34)19-12-10-16(11-13-19)21-22(26(21,4)5)20-15-29(6)23(28-20)17-8-7-9-18(27)14-17/h7-15,21-22H,1-6H3,(H,31,32)/t21-,22-/m0/s1. The molecule has 0 bridgehead atoms. The van der Waals surface area contributed by atoms with E-state index < -0.39 is 21.7 Å². The van der Waals surface area contributed by atoms with Gasteiger partial charge in [0.15, 0.2) is 0 Å². The van der Waals surface area contributed by atoms with Gasteiger partial charge in [0.1, 0.15) is 11.6 Å². The number of aromatic nitrogens is 2. The third-order valence-electron chi connectivity index (χ3n) is 6.68. The number of rotatable bonds is 5. The zero-order valence-electron chi connectivity index (χ0n) is 20.7. The molecule has 0 saturated heterocycles. The van der Waals surface area contributed by atoms with Gasteiger partial charge in [-0.1, -0.05) is 38.1 Å². The summed E-state index contributed by atoms with van der Waals surface area (Å²) in [6.45, 7) is 8.88. The van der Waals surface area contributed by atoms with Gasteiger partial charge in [0, 0.05) is 24.7 Å². The fourth-order valence-corrected chi connectivity index (χ4v) is 6.67. The minimum Gasteiger partial charge on any atom is -0.464 e. The summed E-state index contributed by atoms with van der Waals surface area (Å²) in [5.41, 5.74) is 1.31. The first-order valence-electron chi connectivity index (χ1n) is 11.3. The second-order valence-electron chi connectivity index (χ2n) is 10.7. The third-order valence-corrected chi connectivity index (χ3v) is 8.74. The summed E-state index contributed by atoms with van der Waals surface area (Å²) >= 11 is 0. The van der Waals surface area contributed by atoms with Crippen molar-refractivity contribution in [2.45, 2.75) is 56.9 Å². The number of halogens is 1. The van der Waals surface area contributed by atoms with E-state index in [-0.39, 0.29) is 28.0 Å². The molecule has 3 aromatic rings. The number of hydrogen-bond donors (Lipinski definition) is 1. The van der Waals surface area contributed by atoms with Crippen molar-refractivity contribution in [3.63, 3.8) is 0 Å². The Morgan fingerprint density at radius 3 is 2.29 bits per heavy atom. The summed E-state index contributed by atoms with van der Waals surface area (Å²) in [5, 5.41) is 9.53. The molecule has 1 N–H and O–H groups in total. The summed E-state index contributed by atoms with van der Waals surface area (Å²) in [7, 11) is -2.34. The van der Waals surface area contributed by atoms with Crippen molar-refractivity contribution in [2.75, 3.05) is 0 Å². The highest BCUT2D eigenvalue weighted by molar-refractivity contribution is 7.89. The van der Waals surface area contributed by atoms with Crippen LogP contribution in [0.5, 0.6) is 0 Å². The summed E-state index contributed by atoms with van der Waals surface area (Å²) < 4.78 is 42.2. The van der Waals surface area contributed by atoms with Crippen LogP contribution in [0.25, 0.3) is 11.4 Å². The van der Waals surface area contributed by atoms with Gasteiger partial charge in [-0.3, -0.25) is 0 Å². The largest absolute Gasteiger partial charge is 0.464 e. The molecule has 1 amide bonds. The van der Waals surface area contributed by atoms with Crippen molar-refractivity contribution >= 4 is 16.1 Å². The smallest absolute Gasteiger partial charge is 0.421 e. The number of benzene rings is 2. The predicted octanol–water partition coefficient (Wildman–Crippen LogP) is 5.60. The maximum absolute atomic E-state index is 13.7. The molecule has 1 aliphatic carbocycles. The van der Waals surface area contributed by atoms with Crippen LogP contribution in [0.2, 0.25) is 0 Å². The van der Waals surface area contributed by atoms with Crippen LogP contribution >= 0.6 is 0 Å². The minimum absolute atomic E-state index is 0.0696. The number of carbonyl (C=O) groups is 1. The Labute approximate surface area is 205 Å². The van der Waals surface area contributed by atoms with Crippen LogP contribution in [0, 0.1) is 11.2 Å². The lowest BCUT2D eigenvalue weighted by molar-refractivity contribution is 0.146. The Balaban J connectivity index is 1.63. The Morgan fingerprint density at radius 2 is 1.74 bits per heavy atom. The van der Waals surface area contributed by atoms with E-state index in [4.69, 9.17) is 4.98 Å². The maximum Gasteiger partial charge on any atom is 0.421 e. The molecule has 9 heteroatoms. The van der Waals surface area contributed by atoms with Gasteiger partial charge in [0.25, 0.3) is 10.0 Å². The number of sulfonamides is 1. The zero-order valence-corrected chi connectivity index (χ0v) is 21.5. The molecule has 2 atom stereocenters. The van der Waals surface area contributed by atoms with Crippen molar-refractivity contribution < 1.29 is 22.7 Å². The SMILES string of the molecule is Cn1cc([C@H]2[C@H](c3ccc(S(=O)(=O)N(C(=O)O)C(C)(C)C)cc3)C2(C)C)nc1-c1cccc(F)c1. The van der Waals surface area contributed by atoms with Crippen molar-refractivity contribution in [1.29, 1.82) is 0 Å². The van der Waals surface area contributed by atoms with E-state index >= 15 is 0 Å². The predicted molar refractivity (Wildman–Crippen MR) is 131 cm³/mol. The fourth-order valence-electron chi connectivity index (χ4n) is 5.05. The number of amides is 1. The first-order chi connectivity index (χ1) is 16.2. The Kier molecular flexibility index (Phi) is 5.83. The van der Waals surface area contributed by atoms with E-state index in [1.807, 2.05) is 23.9 Å². The van der Waals surface area contributed by atoms with E-state index in [1.54, 1.807) is 18.2 Å². The quantitative estimate of drug-likeness (QED) is 0.493. The molecule has 0 unspecified atom stereocenters. The van der Waals surface area contributed by atoms with Crippen LogP contribution in [0.3, 0.4) is 0 Å². The third kappa shape index (κ3) is 4.33. The van der Waals surface area contributed by atoms with E-state index in [1.165, 1.54) is 45.0 Å². The monoisotopic (exact) mass is 499 g/mol. The molecule has 4 rings (SSSR count). The Bertz CT molecular complexity index is 1390. The number of aryl methyl sites for hydroxylation is 1. The van der Waals surface area contributed by atoms with Crippen molar-refractivity contribution in [1.82, 2.24) is 13.9 Å². The van der Waals surface area contributed by atoms with Crippen LogP contribution in [0.1, 0.15) is 57.7 Å². The molecule has 1 fully saturated rings. The van der Waals surface area contributed by atoms with E-state index in [0.717, 1.165) is 11.3 Å². The van der Waals surface area contributed by atoms with Gasteiger partial charge in [-0.05, 0) is 61.9 Å². The maximum atomic E-state index is 13.7. The molecule has 1 saturated carbocycles. The van der Waals surface area contributed by atoms with E-state index in [9.17, 15) is 22.7 Å².